The second kappa shape index (κ2) is 7.78. The van der Waals surface area contributed by atoms with Crippen LogP contribution in [0.1, 0.15) is 17.7 Å². The number of aliphatic hydroxyl groups is 1. The van der Waals surface area contributed by atoms with Crippen LogP contribution in [0.5, 0.6) is 0 Å². The molecule has 1 atom stereocenters. The number of carbonyl (C=O) groups is 1. The van der Waals surface area contributed by atoms with Gasteiger partial charge in [-0.1, -0.05) is 5.16 Å². The molecular weight excluding hydrogens is 424 g/mol. The van der Waals surface area contributed by atoms with Crippen molar-refractivity contribution in [3.05, 3.63) is 54.0 Å². The van der Waals surface area contributed by atoms with E-state index in [1.54, 1.807) is 30.1 Å². The standard InChI is InChI=1S/C22H22N8O3/c1-13-10-15(14-4-7-23-21(25-14)26-19-5-8-30(3)27-19)24-16(11-13)17-12-18(33-28-17)22(32)6-9-29(2)20(22)31/h4-5,7-8,10-12,32H,6,9H2,1-3H3,(H,23,25,26,27). The van der Waals surface area contributed by atoms with E-state index in [1.807, 2.05) is 38.4 Å². The van der Waals surface area contributed by atoms with E-state index in [9.17, 15) is 9.90 Å². The Labute approximate surface area is 189 Å². The van der Waals surface area contributed by atoms with Crippen molar-refractivity contribution in [2.45, 2.75) is 18.9 Å². The van der Waals surface area contributed by atoms with Gasteiger partial charge in [-0.2, -0.15) is 5.10 Å². The molecule has 1 fully saturated rings. The summed E-state index contributed by atoms with van der Waals surface area (Å²) >= 11 is 0. The monoisotopic (exact) mass is 446 g/mol. The molecule has 168 valence electrons. The van der Waals surface area contributed by atoms with Gasteiger partial charge in [-0.15, -0.1) is 0 Å². The lowest BCUT2D eigenvalue weighted by molar-refractivity contribution is -0.144. The molecule has 1 aliphatic rings. The zero-order chi connectivity index (χ0) is 23.2. The number of amides is 1. The van der Waals surface area contributed by atoms with Gasteiger partial charge in [0.2, 0.25) is 11.5 Å². The molecule has 1 saturated heterocycles. The van der Waals surface area contributed by atoms with Crippen molar-refractivity contribution in [3.8, 4) is 22.8 Å². The third kappa shape index (κ3) is 3.82. The van der Waals surface area contributed by atoms with Gasteiger partial charge in [0, 0.05) is 51.6 Å². The van der Waals surface area contributed by atoms with Crippen molar-refractivity contribution in [1.29, 1.82) is 0 Å². The summed E-state index contributed by atoms with van der Waals surface area (Å²) < 4.78 is 7.05. The maximum absolute atomic E-state index is 12.4. The Morgan fingerprint density at radius 2 is 1.88 bits per heavy atom. The highest BCUT2D eigenvalue weighted by molar-refractivity contribution is 5.87. The number of hydrogen-bond acceptors (Lipinski definition) is 9. The molecule has 4 aromatic heterocycles. The van der Waals surface area contributed by atoms with Crippen LogP contribution in [0.2, 0.25) is 0 Å². The first kappa shape index (κ1) is 20.8. The van der Waals surface area contributed by atoms with Crippen molar-refractivity contribution in [3.63, 3.8) is 0 Å². The number of nitrogens with one attached hydrogen (secondary N) is 1. The lowest BCUT2D eigenvalue weighted by Gasteiger charge is -2.16. The molecule has 0 aliphatic carbocycles. The van der Waals surface area contributed by atoms with Crippen molar-refractivity contribution >= 4 is 17.7 Å². The van der Waals surface area contributed by atoms with Crippen LogP contribution in [0, 0.1) is 6.92 Å². The molecule has 0 spiro atoms. The average molecular weight is 446 g/mol. The number of likely N-dealkylation sites (tertiary alicyclic amines) is 1. The third-order valence-corrected chi connectivity index (χ3v) is 5.53. The molecule has 0 radical (unpaired) electrons. The SMILES string of the molecule is Cc1cc(-c2cc(C3(O)CCN(C)C3=O)on2)nc(-c2ccnc(Nc3ccn(C)n3)n2)c1. The van der Waals surface area contributed by atoms with Crippen LogP contribution in [0.4, 0.5) is 11.8 Å². The first-order valence-corrected chi connectivity index (χ1v) is 10.4. The van der Waals surface area contributed by atoms with Crippen molar-refractivity contribution in [1.82, 2.24) is 34.8 Å². The molecule has 4 aromatic rings. The number of nitrogens with zero attached hydrogens (tertiary/aromatic N) is 7. The van der Waals surface area contributed by atoms with E-state index in [-0.39, 0.29) is 12.2 Å². The fraction of sp³-hybridized carbons (Fsp3) is 0.273. The van der Waals surface area contributed by atoms with Gasteiger partial charge >= 0.3 is 0 Å². The number of rotatable bonds is 5. The van der Waals surface area contributed by atoms with E-state index >= 15 is 0 Å². The minimum absolute atomic E-state index is 0.112. The summed E-state index contributed by atoms with van der Waals surface area (Å²) in [5, 5.41) is 22.2. The minimum atomic E-state index is -1.70. The molecule has 1 aliphatic heterocycles. The van der Waals surface area contributed by atoms with E-state index < -0.39 is 11.5 Å². The maximum Gasteiger partial charge on any atom is 0.262 e. The Balaban J connectivity index is 1.46. The first-order chi connectivity index (χ1) is 15.8. The molecule has 0 saturated carbocycles. The molecular formula is C22H22N8O3. The first-order valence-electron chi connectivity index (χ1n) is 10.4. The summed E-state index contributed by atoms with van der Waals surface area (Å²) in [6.07, 6.45) is 3.71. The number of likely N-dealkylation sites (N-methyl/N-ethyl adjacent to an activating group) is 1. The number of aromatic nitrogens is 6. The number of aryl methyl sites for hydroxylation is 2. The topological polar surface area (TPSA) is 135 Å². The summed E-state index contributed by atoms with van der Waals surface area (Å²) in [7, 11) is 3.47. The highest BCUT2D eigenvalue weighted by atomic mass is 16.5. The summed E-state index contributed by atoms with van der Waals surface area (Å²) in [6.45, 7) is 2.38. The van der Waals surface area contributed by atoms with Crippen LogP contribution in [0.3, 0.4) is 0 Å². The maximum atomic E-state index is 12.4. The smallest absolute Gasteiger partial charge is 0.262 e. The van der Waals surface area contributed by atoms with Crippen molar-refractivity contribution < 1.29 is 14.4 Å². The Bertz CT molecular complexity index is 1350. The van der Waals surface area contributed by atoms with E-state index in [1.165, 1.54) is 4.90 Å². The molecule has 5 rings (SSSR count). The van der Waals surface area contributed by atoms with Gasteiger partial charge in [-0.05, 0) is 30.7 Å². The van der Waals surface area contributed by atoms with E-state index in [0.717, 1.165) is 5.56 Å². The second-order valence-corrected chi connectivity index (χ2v) is 8.09. The van der Waals surface area contributed by atoms with Crippen LogP contribution < -0.4 is 5.32 Å². The molecule has 11 heteroatoms. The van der Waals surface area contributed by atoms with Crippen molar-refractivity contribution in [2.24, 2.45) is 7.05 Å². The van der Waals surface area contributed by atoms with Gasteiger partial charge in [0.25, 0.3) is 5.91 Å². The molecule has 5 heterocycles. The van der Waals surface area contributed by atoms with Gasteiger partial charge < -0.3 is 19.8 Å². The normalized spacial score (nSPS) is 18.2. The summed E-state index contributed by atoms with van der Waals surface area (Å²) in [5.74, 6) is 0.733. The Hall–Kier alpha value is -4.12. The van der Waals surface area contributed by atoms with Gasteiger partial charge in [0.1, 0.15) is 5.69 Å². The van der Waals surface area contributed by atoms with Crippen LogP contribution >= 0.6 is 0 Å². The lowest BCUT2D eigenvalue weighted by Crippen LogP contribution is -2.35. The molecule has 1 unspecified atom stereocenters. The van der Waals surface area contributed by atoms with Gasteiger partial charge in [0.15, 0.2) is 11.6 Å². The number of carbonyl (C=O) groups excluding carboxylic acids is 1. The summed E-state index contributed by atoms with van der Waals surface area (Å²) in [6, 6.07) is 8.91. The van der Waals surface area contributed by atoms with Gasteiger partial charge in [0.05, 0.1) is 17.1 Å². The minimum Gasteiger partial charge on any atom is -0.373 e. The van der Waals surface area contributed by atoms with Crippen LogP contribution in [-0.2, 0) is 17.4 Å². The Morgan fingerprint density at radius 3 is 2.58 bits per heavy atom. The average Bonchev–Trinajstić information content (AvgIpc) is 3.51. The quantitative estimate of drug-likeness (QED) is 0.472. The zero-order valence-corrected chi connectivity index (χ0v) is 18.3. The number of pyridine rings is 1. The largest absolute Gasteiger partial charge is 0.373 e. The molecule has 11 nitrogen and oxygen atoms in total. The lowest BCUT2D eigenvalue weighted by atomic mass is 9.98. The van der Waals surface area contributed by atoms with E-state index in [2.05, 4.69) is 30.5 Å². The van der Waals surface area contributed by atoms with Gasteiger partial charge in [-0.3, -0.25) is 9.48 Å². The van der Waals surface area contributed by atoms with Crippen molar-refractivity contribution in [2.75, 3.05) is 18.9 Å². The second-order valence-electron chi connectivity index (χ2n) is 8.09. The summed E-state index contributed by atoms with van der Waals surface area (Å²) in [5.41, 5.74) is 1.44. The number of anilines is 2. The highest BCUT2D eigenvalue weighted by Crippen LogP contribution is 2.35. The van der Waals surface area contributed by atoms with Crippen LogP contribution in [0.15, 0.2) is 47.2 Å². The Morgan fingerprint density at radius 1 is 1.09 bits per heavy atom. The van der Waals surface area contributed by atoms with Crippen LogP contribution in [-0.4, -0.2) is 59.4 Å². The van der Waals surface area contributed by atoms with Crippen LogP contribution in [0.25, 0.3) is 22.8 Å². The molecule has 0 aromatic carbocycles. The fourth-order valence-electron chi connectivity index (χ4n) is 3.76. The fourth-order valence-corrected chi connectivity index (χ4v) is 3.76. The predicted octanol–water partition coefficient (Wildman–Crippen LogP) is 2.03. The van der Waals surface area contributed by atoms with E-state index in [0.29, 0.717) is 41.1 Å². The van der Waals surface area contributed by atoms with E-state index in [4.69, 9.17) is 4.52 Å². The predicted molar refractivity (Wildman–Crippen MR) is 118 cm³/mol. The molecule has 0 bridgehead atoms. The zero-order valence-electron chi connectivity index (χ0n) is 18.3. The highest BCUT2D eigenvalue weighted by Gasteiger charge is 2.48. The number of hydrogen-bond donors (Lipinski definition) is 2. The summed E-state index contributed by atoms with van der Waals surface area (Å²) in [4.78, 5) is 27.3. The Kier molecular flexibility index (Phi) is 4.90. The molecule has 2 N–H and O–H groups in total. The third-order valence-electron chi connectivity index (χ3n) is 5.53. The van der Waals surface area contributed by atoms with Gasteiger partial charge in [-0.25, -0.2) is 15.0 Å². The molecule has 33 heavy (non-hydrogen) atoms. The molecule has 1 amide bonds.